The molecule has 1 N–H and O–H groups in total. The van der Waals surface area contributed by atoms with E-state index in [9.17, 15) is 0 Å². The zero-order valence-electron chi connectivity index (χ0n) is 14.7. The SMILES string of the molecule is C(=NCCCCCNC=NC1CCCCC1)=NC1CCCCC1. The molecule has 0 aliphatic heterocycles. The summed E-state index contributed by atoms with van der Waals surface area (Å²) in [5, 5.41) is 3.32. The summed E-state index contributed by atoms with van der Waals surface area (Å²) in [6, 6.07) is 3.99. The summed E-state index contributed by atoms with van der Waals surface area (Å²) in [4.78, 5) is 13.3. The fourth-order valence-corrected chi connectivity index (χ4v) is 3.43. The van der Waals surface area contributed by atoms with E-state index in [0.29, 0.717) is 12.1 Å². The summed E-state index contributed by atoms with van der Waals surface area (Å²) in [6.45, 7) is 1.89. The molecule has 0 bridgehead atoms. The predicted octanol–water partition coefficient (Wildman–Crippen LogP) is 4.61. The third-order valence-corrected chi connectivity index (χ3v) is 4.93. The molecule has 2 saturated carbocycles. The quantitative estimate of drug-likeness (QED) is 0.376. The minimum atomic E-state index is 0.500. The van der Waals surface area contributed by atoms with Gasteiger partial charge in [-0.05, 0) is 44.9 Å². The Labute approximate surface area is 142 Å². The van der Waals surface area contributed by atoms with Crippen molar-refractivity contribution in [3.8, 4) is 0 Å². The van der Waals surface area contributed by atoms with Crippen LogP contribution in [0.2, 0.25) is 0 Å². The predicted molar refractivity (Wildman–Crippen MR) is 98.8 cm³/mol. The van der Waals surface area contributed by atoms with Crippen LogP contribution < -0.4 is 5.32 Å². The first-order valence-electron chi connectivity index (χ1n) is 9.81. The van der Waals surface area contributed by atoms with Crippen LogP contribution in [0.5, 0.6) is 0 Å². The molecule has 0 saturated heterocycles. The first-order valence-corrected chi connectivity index (χ1v) is 9.81. The number of unbranched alkanes of at least 4 members (excludes halogenated alkanes) is 2. The number of nitrogens with zero attached hydrogens (tertiary/aromatic N) is 3. The van der Waals surface area contributed by atoms with Gasteiger partial charge in [0.15, 0.2) is 0 Å². The number of nitrogens with one attached hydrogen (secondary N) is 1. The van der Waals surface area contributed by atoms with Crippen LogP contribution in [0.4, 0.5) is 0 Å². The Morgan fingerprint density at radius 2 is 1.52 bits per heavy atom. The Bertz CT molecular complexity index is 373. The molecule has 2 aliphatic carbocycles. The molecule has 0 aromatic rings. The first-order chi connectivity index (χ1) is 11.4. The molecule has 0 amide bonds. The zero-order valence-corrected chi connectivity index (χ0v) is 14.7. The molecule has 4 nitrogen and oxygen atoms in total. The normalized spacial score (nSPS) is 20.3. The van der Waals surface area contributed by atoms with E-state index >= 15 is 0 Å². The highest BCUT2D eigenvalue weighted by Crippen LogP contribution is 2.20. The average molecular weight is 319 g/mol. The second-order valence-corrected chi connectivity index (χ2v) is 6.99. The lowest BCUT2D eigenvalue weighted by Gasteiger charge is -2.17. The largest absolute Gasteiger partial charge is 0.376 e. The molecule has 2 fully saturated rings. The summed E-state index contributed by atoms with van der Waals surface area (Å²) in [7, 11) is 0. The van der Waals surface area contributed by atoms with Crippen LogP contribution in [-0.4, -0.2) is 37.5 Å². The molecule has 0 heterocycles. The Balaban J connectivity index is 1.40. The maximum Gasteiger partial charge on any atom is 0.0895 e. The van der Waals surface area contributed by atoms with Gasteiger partial charge in [-0.15, -0.1) is 0 Å². The van der Waals surface area contributed by atoms with E-state index in [0.717, 1.165) is 19.5 Å². The maximum atomic E-state index is 4.61. The Morgan fingerprint density at radius 1 is 0.826 bits per heavy atom. The van der Waals surface area contributed by atoms with Crippen LogP contribution in [0, 0.1) is 0 Å². The van der Waals surface area contributed by atoms with E-state index in [4.69, 9.17) is 0 Å². The van der Waals surface area contributed by atoms with Crippen molar-refractivity contribution in [3.05, 3.63) is 0 Å². The number of hydrogen-bond acceptors (Lipinski definition) is 3. The summed E-state index contributed by atoms with van der Waals surface area (Å²) in [5.74, 6) is 0. The number of hydrogen-bond donors (Lipinski definition) is 1. The Kier molecular flexibility index (Phi) is 9.72. The minimum Gasteiger partial charge on any atom is -0.376 e. The maximum absolute atomic E-state index is 4.61. The van der Waals surface area contributed by atoms with Gasteiger partial charge in [0.25, 0.3) is 0 Å². The lowest BCUT2D eigenvalue weighted by atomic mass is 9.96. The average Bonchev–Trinajstić information content (AvgIpc) is 2.61. The lowest BCUT2D eigenvalue weighted by Crippen LogP contribution is -2.16. The molecule has 0 spiro atoms. The fraction of sp³-hybridized carbons (Fsp3) is 0.895. The van der Waals surface area contributed by atoms with Gasteiger partial charge < -0.3 is 5.32 Å². The van der Waals surface area contributed by atoms with Crippen LogP contribution in [0.3, 0.4) is 0 Å². The van der Waals surface area contributed by atoms with Crippen LogP contribution in [0.15, 0.2) is 15.0 Å². The van der Waals surface area contributed by atoms with Crippen LogP contribution in [0.1, 0.15) is 83.5 Å². The van der Waals surface area contributed by atoms with E-state index in [-0.39, 0.29) is 0 Å². The summed E-state index contributed by atoms with van der Waals surface area (Å²) in [6.07, 6.45) is 18.6. The van der Waals surface area contributed by atoms with Crippen molar-refractivity contribution in [1.29, 1.82) is 0 Å². The lowest BCUT2D eigenvalue weighted by molar-refractivity contribution is 0.443. The van der Waals surface area contributed by atoms with Crippen molar-refractivity contribution in [2.45, 2.75) is 95.6 Å². The van der Waals surface area contributed by atoms with Crippen LogP contribution in [-0.2, 0) is 0 Å². The number of rotatable bonds is 9. The molecular weight excluding hydrogens is 284 g/mol. The summed E-state index contributed by atoms with van der Waals surface area (Å²) >= 11 is 0. The van der Waals surface area contributed by atoms with Crippen molar-refractivity contribution < 1.29 is 0 Å². The Morgan fingerprint density at radius 3 is 2.26 bits per heavy atom. The monoisotopic (exact) mass is 318 g/mol. The van der Waals surface area contributed by atoms with E-state index in [2.05, 4.69) is 26.3 Å². The topological polar surface area (TPSA) is 49.1 Å². The highest BCUT2D eigenvalue weighted by atomic mass is 14.9. The fourth-order valence-electron chi connectivity index (χ4n) is 3.43. The first kappa shape index (κ1) is 18.2. The van der Waals surface area contributed by atoms with E-state index in [1.54, 1.807) is 0 Å². The third-order valence-electron chi connectivity index (χ3n) is 4.93. The molecule has 23 heavy (non-hydrogen) atoms. The van der Waals surface area contributed by atoms with Crippen molar-refractivity contribution >= 4 is 12.3 Å². The minimum absolute atomic E-state index is 0.500. The summed E-state index contributed by atoms with van der Waals surface area (Å²) < 4.78 is 0. The van der Waals surface area contributed by atoms with E-state index < -0.39 is 0 Å². The van der Waals surface area contributed by atoms with Crippen molar-refractivity contribution in [1.82, 2.24) is 5.32 Å². The molecule has 4 heteroatoms. The zero-order chi connectivity index (χ0) is 16.0. The highest BCUT2D eigenvalue weighted by molar-refractivity contribution is 5.54. The second-order valence-electron chi connectivity index (χ2n) is 6.99. The standard InChI is InChI=1S/C19H34N4/c1-4-10-18(11-5-1)22-16-20-14-8-3-9-15-21-17-23-19-12-6-2-7-13-19/h16,18-19H,1-15H2,(H,20,22). The molecular formula is C19H34N4. The van der Waals surface area contributed by atoms with Crippen molar-refractivity contribution in [2.24, 2.45) is 15.0 Å². The molecule has 130 valence electrons. The van der Waals surface area contributed by atoms with Crippen molar-refractivity contribution in [2.75, 3.05) is 13.1 Å². The van der Waals surface area contributed by atoms with Gasteiger partial charge in [-0.1, -0.05) is 38.5 Å². The van der Waals surface area contributed by atoms with Crippen LogP contribution >= 0.6 is 0 Å². The van der Waals surface area contributed by atoms with Gasteiger partial charge in [0.1, 0.15) is 0 Å². The second kappa shape index (κ2) is 12.3. The van der Waals surface area contributed by atoms with Gasteiger partial charge in [-0.25, -0.2) is 9.98 Å². The molecule has 0 atom stereocenters. The molecule has 0 aromatic carbocycles. The van der Waals surface area contributed by atoms with Gasteiger partial charge in [0, 0.05) is 13.1 Å². The number of aliphatic imine (C=N–C) groups is 3. The molecule has 0 unspecified atom stereocenters. The summed E-state index contributed by atoms with van der Waals surface area (Å²) in [5.41, 5.74) is 0. The highest BCUT2D eigenvalue weighted by Gasteiger charge is 2.11. The van der Waals surface area contributed by atoms with Gasteiger partial charge in [-0.3, -0.25) is 4.99 Å². The van der Waals surface area contributed by atoms with Gasteiger partial charge >= 0.3 is 0 Å². The van der Waals surface area contributed by atoms with Crippen molar-refractivity contribution in [3.63, 3.8) is 0 Å². The third kappa shape index (κ3) is 8.90. The molecule has 0 radical (unpaired) electrons. The molecule has 0 aromatic heterocycles. The van der Waals surface area contributed by atoms with Gasteiger partial charge in [-0.2, -0.15) is 0 Å². The van der Waals surface area contributed by atoms with Gasteiger partial charge in [0.05, 0.1) is 24.4 Å². The molecule has 2 aliphatic rings. The van der Waals surface area contributed by atoms with E-state index in [1.165, 1.54) is 77.0 Å². The smallest absolute Gasteiger partial charge is 0.0895 e. The van der Waals surface area contributed by atoms with E-state index in [1.807, 2.05) is 6.34 Å². The van der Waals surface area contributed by atoms with Gasteiger partial charge in [0.2, 0.25) is 0 Å². The molecule has 2 rings (SSSR count). The Hall–Kier alpha value is -1.15. The van der Waals surface area contributed by atoms with Crippen LogP contribution in [0.25, 0.3) is 0 Å².